The first-order valence-electron chi connectivity index (χ1n) is 8.50. The zero-order valence-electron chi connectivity index (χ0n) is 14.6. The van der Waals surface area contributed by atoms with Crippen LogP contribution in [-0.4, -0.2) is 32.8 Å². The topological polar surface area (TPSA) is 111 Å². The van der Waals surface area contributed by atoms with Crippen LogP contribution in [0, 0.1) is 0 Å². The molecule has 0 bridgehead atoms. The molecule has 0 unspecified atom stereocenters. The van der Waals surface area contributed by atoms with E-state index in [1.54, 1.807) is 36.4 Å². The summed E-state index contributed by atoms with van der Waals surface area (Å²) in [7, 11) is 0. The molecule has 9 nitrogen and oxygen atoms in total. The molecule has 2 amide bonds. The number of esters is 1. The molecule has 0 spiro atoms. The average molecular weight is 378 g/mol. The Hall–Kier alpha value is -3.88. The summed E-state index contributed by atoms with van der Waals surface area (Å²) in [6.45, 7) is -0.415. The normalized spacial score (nSPS) is 13.9. The van der Waals surface area contributed by atoms with Gasteiger partial charge in [-0.15, -0.1) is 5.10 Å². The number of benzene rings is 2. The second-order valence-electron chi connectivity index (χ2n) is 6.15. The van der Waals surface area contributed by atoms with Gasteiger partial charge >= 0.3 is 5.97 Å². The van der Waals surface area contributed by atoms with Gasteiger partial charge in [0.25, 0.3) is 5.56 Å². The molecule has 2 aromatic carbocycles. The molecule has 1 saturated heterocycles. The molecule has 1 aliphatic heterocycles. The highest BCUT2D eigenvalue weighted by atomic mass is 16.5. The molecular weight excluding hydrogens is 364 g/mol. The highest BCUT2D eigenvalue weighted by molar-refractivity contribution is 6.20. The fourth-order valence-electron chi connectivity index (χ4n) is 2.95. The summed E-state index contributed by atoms with van der Waals surface area (Å²) in [6, 6.07) is 12.7. The smallest absolute Gasteiger partial charge is 0.339 e. The number of aromatic nitrogens is 3. The van der Waals surface area contributed by atoms with Crippen molar-refractivity contribution in [3.05, 3.63) is 64.4 Å². The van der Waals surface area contributed by atoms with Crippen molar-refractivity contribution < 1.29 is 19.1 Å². The molecule has 9 heteroatoms. The van der Waals surface area contributed by atoms with Gasteiger partial charge in [-0.1, -0.05) is 23.4 Å². The van der Waals surface area contributed by atoms with E-state index in [2.05, 4.69) is 10.3 Å². The third-order valence-corrected chi connectivity index (χ3v) is 4.34. The fourth-order valence-corrected chi connectivity index (χ4v) is 2.95. The van der Waals surface area contributed by atoms with Gasteiger partial charge in [0.05, 0.1) is 16.6 Å². The van der Waals surface area contributed by atoms with E-state index in [4.69, 9.17) is 4.74 Å². The van der Waals surface area contributed by atoms with E-state index in [0.717, 1.165) is 9.58 Å². The van der Waals surface area contributed by atoms with E-state index in [9.17, 15) is 19.2 Å². The maximum absolute atomic E-state index is 12.4. The van der Waals surface area contributed by atoms with E-state index in [0.29, 0.717) is 16.6 Å². The predicted octanol–water partition coefficient (Wildman–Crippen LogP) is 1.26. The Morgan fingerprint density at radius 2 is 1.75 bits per heavy atom. The first-order chi connectivity index (χ1) is 13.5. The fraction of sp³-hybridized carbons (Fsp3) is 0.158. The number of anilines is 1. The first kappa shape index (κ1) is 17.5. The van der Waals surface area contributed by atoms with Crippen molar-refractivity contribution in [2.75, 3.05) is 4.90 Å². The van der Waals surface area contributed by atoms with Gasteiger partial charge in [0.2, 0.25) is 11.8 Å². The van der Waals surface area contributed by atoms with E-state index in [1.807, 2.05) is 0 Å². The van der Waals surface area contributed by atoms with Gasteiger partial charge in [0.15, 0.2) is 6.73 Å². The van der Waals surface area contributed by atoms with Crippen LogP contribution in [0.3, 0.4) is 0 Å². The minimum atomic E-state index is -0.720. The number of imide groups is 1. The van der Waals surface area contributed by atoms with Crippen molar-refractivity contribution >= 4 is 34.4 Å². The monoisotopic (exact) mass is 378 g/mol. The Labute approximate surface area is 158 Å². The molecule has 1 fully saturated rings. The standard InChI is InChI=1S/C19H14N4O5/c24-16-8-9-17(25)23(16)13-5-3-4-12(10-13)19(27)28-11-22-18(26)14-6-1-2-7-15(14)20-21-22/h1-7,10H,8-9,11H2. The molecule has 4 rings (SSSR count). The maximum atomic E-state index is 12.4. The summed E-state index contributed by atoms with van der Waals surface area (Å²) >= 11 is 0. The van der Waals surface area contributed by atoms with Crippen LogP contribution in [0.2, 0.25) is 0 Å². The number of amides is 2. The summed E-state index contributed by atoms with van der Waals surface area (Å²) in [5, 5.41) is 8.03. The highest BCUT2D eigenvalue weighted by Gasteiger charge is 2.30. The average Bonchev–Trinajstić information content (AvgIpc) is 3.05. The molecule has 0 atom stereocenters. The molecule has 2 heterocycles. The van der Waals surface area contributed by atoms with Crippen LogP contribution < -0.4 is 10.5 Å². The zero-order chi connectivity index (χ0) is 19.7. The molecular formula is C19H14N4O5. The second-order valence-corrected chi connectivity index (χ2v) is 6.15. The van der Waals surface area contributed by atoms with Crippen LogP contribution in [0.1, 0.15) is 23.2 Å². The van der Waals surface area contributed by atoms with Crippen LogP contribution in [0.25, 0.3) is 10.9 Å². The van der Waals surface area contributed by atoms with Crippen molar-refractivity contribution in [1.82, 2.24) is 15.0 Å². The highest BCUT2D eigenvalue weighted by Crippen LogP contribution is 2.23. The number of rotatable bonds is 4. The van der Waals surface area contributed by atoms with E-state index < -0.39 is 18.3 Å². The van der Waals surface area contributed by atoms with Gasteiger partial charge in [0.1, 0.15) is 5.52 Å². The summed E-state index contributed by atoms with van der Waals surface area (Å²) in [5.41, 5.74) is 0.472. The number of fused-ring (bicyclic) bond motifs is 1. The molecule has 1 aliphatic rings. The molecule has 0 radical (unpaired) electrons. The van der Waals surface area contributed by atoms with Gasteiger partial charge in [-0.2, -0.15) is 4.68 Å². The SMILES string of the molecule is O=C(OCn1nnc2ccccc2c1=O)c1cccc(N2C(=O)CCC2=O)c1. The largest absolute Gasteiger partial charge is 0.439 e. The molecule has 0 N–H and O–H groups in total. The van der Waals surface area contributed by atoms with Gasteiger partial charge in [0, 0.05) is 12.8 Å². The first-order valence-corrected chi connectivity index (χ1v) is 8.50. The summed E-state index contributed by atoms with van der Waals surface area (Å²) in [4.78, 5) is 49.5. The van der Waals surface area contributed by atoms with E-state index >= 15 is 0 Å². The molecule has 28 heavy (non-hydrogen) atoms. The van der Waals surface area contributed by atoms with E-state index in [-0.39, 0.29) is 30.2 Å². The van der Waals surface area contributed by atoms with Crippen molar-refractivity contribution in [2.45, 2.75) is 19.6 Å². The third-order valence-electron chi connectivity index (χ3n) is 4.34. The van der Waals surface area contributed by atoms with Crippen LogP contribution >= 0.6 is 0 Å². The number of nitrogens with zero attached hydrogens (tertiary/aromatic N) is 4. The van der Waals surface area contributed by atoms with Crippen LogP contribution in [0.15, 0.2) is 53.3 Å². The van der Waals surface area contributed by atoms with Crippen molar-refractivity contribution in [3.8, 4) is 0 Å². The molecule has 1 aromatic heterocycles. The number of carbonyl (C=O) groups is 3. The Bertz CT molecular complexity index is 1150. The molecule has 140 valence electrons. The molecule has 0 aliphatic carbocycles. The van der Waals surface area contributed by atoms with Gasteiger partial charge in [-0.05, 0) is 30.3 Å². The Kier molecular flexibility index (Phi) is 4.40. The van der Waals surface area contributed by atoms with Gasteiger partial charge in [-0.25, -0.2) is 4.79 Å². The van der Waals surface area contributed by atoms with Crippen molar-refractivity contribution in [1.29, 1.82) is 0 Å². The van der Waals surface area contributed by atoms with Crippen LogP contribution in [0.5, 0.6) is 0 Å². The van der Waals surface area contributed by atoms with E-state index in [1.165, 1.54) is 12.1 Å². The molecule has 3 aromatic rings. The Morgan fingerprint density at radius 1 is 1.00 bits per heavy atom. The Morgan fingerprint density at radius 3 is 2.54 bits per heavy atom. The number of hydrogen-bond acceptors (Lipinski definition) is 7. The lowest BCUT2D eigenvalue weighted by Gasteiger charge is -2.14. The minimum absolute atomic E-state index is 0.145. The zero-order valence-corrected chi connectivity index (χ0v) is 14.6. The number of hydrogen-bond donors (Lipinski definition) is 0. The van der Waals surface area contributed by atoms with Gasteiger partial charge in [-0.3, -0.25) is 19.3 Å². The maximum Gasteiger partial charge on any atom is 0.339 e. The lowest BCUT2D eigenvalue weighted by Crippen LogP contribution is -2.29. The second kappa shape index (κ2) is 7.03. The van der Waals surface area contributed by atoms with Crippen molar-refractivity contribution in [2.24, 2.45) is 0 Å². The third kappa shape index (κ3) is 3.13. The predicted molar refractivity (Wildman–Crippen MR) is 97.4 cm³/mol. The quantitative estimate of drug-likeness (QED) is 0.496. The minimum Gasteiger partial charge on any atom is -0.439 e. The summed E-state index contributed by atoms with van der Waals surface area (Å²) in [5.74, 6) is -1.34. The van der Waals surface area contributed by atoms with Crippen molar-refractivity contribution in [3.63, 3.8) is 0 Å². The Balaban J connectivity index is 1.53. The lowest BCUT2D eigenvalue weighted by atomic mass is 10.2. The lowest BCUT2D eigenvalue weighted by molar-refractivity contribution is -0.121. The van der Waals surface area contributed by atoms with Gasteiger partial charge < -0.3 is 4.74 Å². The van der Waals surface area contributed by atoms with Crippen LogP contribution in [-0.2, 0) is 21.1 Å². The molecule has 0 saturated carbocycles. The summed E-state index contributed by atoms with van der Waals surface area (Å²) < 4.78 is 6.09. The number of ether oxygens (including phenoxy) is 1. The van der Waals surface area contributed by atoms with Crippen LogP contribution in [0.4, 0.5) is 5.69 Å². The number of carbonyl (C=O) groups excluding carboxylic acids is 3. The summed E-state index contributed by atoms with van der Waals surface area (Å²) in [6.07, 6.45) is 0.300.